The molecule has 0 saturated carbocycles. The molecule has 1 saturated heterocycles. The van der Waals surface area contributed by atoms with Crippen molar-refractivity contribution < 1.29 is 9.53 Å². The molecular formula is C20H18ClN3O3. The maximum Gasteiger partial charge on any atom is 0.270 e. The highest BCUT2D eigenvalue weighted by Crippen LogP contribution is 2.21. The number of amides is 1. The maximum absolute atomic E-state index is 12.8. The average molecular weight is 384 g/mol. The monoisotopic (exact) mass is 383 g/mol. The molecule has 1 aliphatic heterocycles. The van der Waals surface area contributed by atoms with Gasteiger partial charge < -0.3 is 9.64 Å². The van der Waals surface area contributed by atoms with Gasteiger partial charge in [-0.15, -0.1) is 0 Å². The lowest BCUT2D eigenvalue weighted by Crippen LogP contribution is -2.43. The normalized spacial score (nSPS) is 15.1. The SMILES string of the molecule is O=C(c1cnc2ccccn2c1=O)N1CCC(Oc2ccc(Cl)cc2)CC1. The van der Waals surface area contributed by atoms with E-state index in [4.69, 9.17) is 16.3 Å². The Hall–Kier alpha value is -2.86. The van der Waals surface area contributed by atoms with Gasteiger partial charge in [0, 0.05) is 43.3 Å². The second-order valence-electron chi connectivity index (χ2n) is 6.47. The van der Waals surface area contributed by atoms with Gasteiger partial charge in [-0.1, -0.05) is 17.7 Å². The molecule has 6 nitrogen and oxygen atoms in total. The quantitative estimate of drug-likeness (QED) is 0.697. The molecule has 1 fully saturated rings. The Morgan fingerprint density at radius 1 is 1.11 bits per heavy atom. The van der Waals surface area contributed by atoms with Gasteiger partial charge in [-0.05, 0) is 36.4 Å². The first kappa shape index (κ1) is 17.5. The van der Waals surface area contributed by atoms with E-state index in [2.05, 4.69) is 4.98 Å². The Balaban J connectivity index is 1.43. The summed E-state index contributed by atoms with van der Waals surface area (Å²) >= 11 is 5.88. The molecule has 0 bridgehead atoms. The predicted molar refractivity (Wildman–Crippen MR) is 102 cm³/mol. The van der Waals surface area contributed by atoms with E-state index in [1.54, 1.807) is 41.4 Å². The van der Waals surface area contributed by atoms with E-state index in [1.165, 1.54) is 10.6 Å². The van der Waals surface area contributed by atoms with Gasteiger partial charge in [0.2, 0.25) is 0 Å². The van der Waals surface area contributed by atoms with Crippen molar-refractivity contribution >= 4 is 23.2 Å². The van der Waals surface area contributed by atoms with Gasteiger partial charge >= 0.3 is 0 Å². The standard InChI is InChI=1S/C20H18ClN3O3/c21-14-4-6-15(7-5-14)27-16-8-11-23(12-9-16)19(25)17-13-22-18-3-1-2-10-24(18)20(17)26/h1-7,10,13,16H,8-9,11-12H2. The molecule has 0 atom stereocenters. The summed E-state index contributed by atoms with van der Waals surface area (Å²) in [5.74, 6) is 0.483. The van der Waals surface area contributed by atoms with E-state index in [1.807, 2.05) is 12.1 Å². The van der Waals surface area contributed by atoms with Crippen molar-refractivity contribution in [3.05, 3.63) is 75.8 Å². The average Bonchev–Trinajstić information content (AvgIpc) is 2.70. The molecule has 2 aromatic heterocycles. The van der Waals surface area contributed by atoms with Gasteiger partial charge in [0.15, 0.2) is 0 Å². The lowest BCUT2D eigenvalue weighted by Gasteiger charge is -2.32. The third-order valence-corrected chi connectivity index (χ3v) is 4.94. The molecule has 0 unspecified atom stereocenters. The minimum atomic E-state index is -0.342. The van der Waals surface area contributed by atoms with Crippen molar-refractivity contribution in [2.75, 3.05) is 13.1 Å². The number of fused-ring (bicyclic) bond motifs is 1. The lowest BCUT2D eigenvalue weighted by atomic mass is 10.1. The molecule has 3 heterocycles. The molecule has 7 heteroatoms. The molecule has 0 aliphatic carbocycles. The van der Waals surface area contributed by atoms with Crippen LogP contribution in [-0.2, 0) is 0 Å². The number of carbonyl (C=O) groups excluding carboxylic acids is 1. The number of benzene rings is 1. The maximum atomic E-state index is 12.8. The Bertz CT molecular complexity index is 1020. The number of nitrogens with zero attached hydrogens (tertiary/aromatic N) is 3. The van der Waals surface area contributed by atoms with Crippen LogP contribution in [0.15, 0.2) is 59.7 Å². The minimum absolute atomic E-state index is 0.0334. The molecule has 0 spiro atoms. The van der Waals surface area contributed by atoms with E-state index in [0.717, 1.165) is 5.75 Å². The summed E-state index contributed by atoms with van der Waals surface area (Å²) in [7, 11) is 0. The summed E-state index contributed by atoms with van der Waals surface area (Å²) in [6, 6.07) is 12.5. The van der Waals surface area contributed by atoms with Crippen molar-refractivity contribution in [1.82, 2.24) is 14.3 Å². The van der Waals surface area contributed by atoms with E-state index in [0.29, 0.717) is 36.6 Å². The van der Waals surface area contributed by atoms with Gasteiger partial charge in [-0.2, -0.15) is 0 Å². The van der Waals surface area contributed by atoms with Crippen LogP contribution in [0.1, 0.15) is 23.2 Å². The van der Waals surface area contributed by atoms with Crippen LogP contribution in [-0.4, -0.2) is 39.4 Å². The summed E-state index contributed by atoms with van der Waals surface area (Å²) in [4.78, 5) is 31.3. The highest BCUT2D eigenvalue weighted by Gasteiger charge is 2.26. The van der Waals surface area contributed by atoms with E-state index < -0.39 is 0 Å². The number of hydrogen-bond donors (Lipinski definition) is 0. The van der Waals surface area contributed by atoms with Gasteiger partial charge in [-0.3, -0.25) is 14.0 Å². The summed E-state index contributed by atoms with van der Waals surface area (Å²) in [6.07, 6.45) is 4.43. The zero-order chi connectivity index (χ0) is 18.8. The van der Waals surface area contributed by atoms with Crippen LogP contribution in [0.25, 0.3) is 5.65 Å². The first-order valence-corrected chi connectivity index (χ1v) is 9.17. The fraction of sp³-hybridized carbons (Fsp3) is 0.250. The summed E-state index contributed by atoms with van der Waals surface area (Å²) in [5.41, 5.74) is 0.273. The van der Waals surface area contributed by atoms with E-state index >= 15 is 0 Å². The third kappa shape index (κ3) is 3.66. The van der Waals surface area contributed by atoms with Gasteiger partial charge in [0.05, 0.1) is 0 Å². The molecule has 138 valence electrons. The summed E-state index contributed by atoms with van der Waals surface area (Å²) < 4.78 is 7.34. The lowest BCUT2D eigenvalue weighted by molar-refractivity contribution is 0.0593. The van der Waals surface area contributed by atoms with Crippen LogP contribution in [0.3, 0.4) is 0 Å². The highest BCUT2D eigenvalue weighted by molar-refractivity contribution is 6.30. The summed E-state index contributed by atoms with van der Waals surface area (Å²) in [6.45, 7) is 1.07. The van der Waals surface area contributed by atoms with Crippen LogP contribution in [0.5, 0.6) is 5.75 Å². The molecule has 0 radical (unpaired) electrons. The number of likely N-dealkylation sites (tertiary alicyclic amines) is 1. The van der Waals surface area contributed by atoms with Crippen molar-refractivity contribution in [2.24, 2.45) is 0 Å². The third-order valence-electron chi connectivity index (χ3n) is 4.69. The van der Waals surface area contributed by atoms with Crippen LogP contribution >= 0.6 is 11.6 Å². The Labute approximate surface area is 161 Å². The number of hydrogen-bond acceptors (Lipinski definition) is 4. The molecule has 4 rings (SSSR count). The molecular weight excluding hydrogens is 366 g/mol. The predicted octanol–water partition coefficient (Wildman–Crippen LogP) is 3.03. The van der Waals surface area contributed by atoms with Crippen LogP contribution in [0.4, 0.5) is 0 Å². The number of pyridine rings is 1. The Kier molecular flexibility index (Phi) is 4.81. The minimum Gasteiger partial charge on any atom is -0.490 e. The first-order valence-electron chi connectivity index (χ1n) is 8.80. The van der Waals surface area contributed by atoms with Crippen molar-refractivity contribution in [3.8, 4) is 5.75 Å². The van der Waals surface area contributed by atoms with E-state index in [-0.39, 0.29) is 23.1 Å². The largest absolute Gasteiger partial charge is 0.490 e. The summed E-state index contributed by atoms with van der Waals surface area (Å²) in [5, 5.41) is 0.665. The number of ether oxygens (including phenoxy) is 1. The molecule has 1 aromatic carbocycles. The molecule has 27 heavy (non-hydrogen) atoms. The van der Waals surface area contributed by atoms with Crippen LogP contribution in [0, 0.1) is 0 Å². The van der Waals surface area contributed by atoms with Crippen molar-refractivity contribution in [1.29, 1.82) is 0 Å². The van der Waals surface area contributed by atoms with Gasteiger partial charge in [0.25, 0.3) is 11.5 Å². The topological polar surface area (TPSA) is 63.9 Å². The highest BCUT2D eigenvalue weighted by atomic mass is 35.5. The van der Waals surface area contributed by atoms with Gasteiger partial charge in [-0.25, -0.2) is 4.98 Å². The number of carbonyl (C=O) groups is 1. The molecule has 1 amide bonds. The molecule has 0 N–H and O–H groups in total. The van der Waals surface area contributed by atoms with Crippen LogP contribution < -0.4 is 10.3 Å². The van der Waals surface area contributed by atoms with Crippen molar-refractivity contribution in [2.45, 2.75) is 18.9 Å². The number of piperidine rings is 1. The Morgan fingerprint density at radius 2 is 1.85 bits per heavy atom. The van der Waals surface area contributed by atoms with Crippen LogP contribution in [0.2, 0.25) is 5.02 Å². The zero-order valence-electron chi connectivity index (χ0n) is 14.5. The number of aromatic nitrogens is 2. The Morgan fingerprint density at radius 3 is 2.59 bits per heavy atom. The molecule has 1 aliphatic rings. The fourth-order valence-electron chi connectivity index (χ4n) is 3.23. The second-order valence-corrected chi connectivity index (χ2v) is 6.91. The molecule has 3 aromatic rings. The zero-order valence-corrected chi connectivity index (χ0v) is 15.3. The van der Waals surface area contributed by atoms with Crippen molar-refractivity contribution in [3.63, 3.8) is 0 Å². The van der Waals surface area contributed by atoms with Gasteiger partial charge in [0.1, 0.15) is 23.1 Å². The second kappa shape index (κ2) is 7.40. The number of rotatable bonds is 3. The number of halogens is 1. The first-order chi connectivity index (χ1) is 13.1. The smallest absolute Gasteiger partial charge is 0.270 e. The van der Waals surface area contributed by atoms with E-state index in [9.17, 15) is 9.59 Å². The fourth-order valence-corrected chi connectivity index (χ4v) is 3.35.